The van der Waals surface area contributed by atoms with Gasteiger partial charge in [0.05, 0.1) is 5.75 Å². The summed E-state index contributed by atoms with van der Waals surface area (Å²) in [6.07, 6.45) is 7.15. The van der Waals surface area contributed by atoms with Crippen LogP contribution in [0.15, 0.2) is 42.5 Å². The molecule has 7 heteroatoms. The van der Waals surface area contributed by atoms with Crippen LogP contribution in [0.4, 0.5) is 0 Å². The number of sulfonamides is 1. The minimum absolute atomic E-state index is 0. The lowest BCUT2D eigenvalue weighted by atomic mass is 9.75. The maximum absolute atomic E-state index is 12.2. The fourth-order valence-corrected chi connectivity index (χ4v) is 7.16. The van der Waals surface area contributed by atoms with Gasteiger partial charge in [-0.1, -0.05) is 55.8 Å². The Bertz CT molecular complexity index is 1050. The van der Waals surface area contributed by atoms with Crippen LogP contribution in [0.25, 0.3) is 0 Å². The maximum Gasteiger partial charge on any atom is 0.211 e. The average molecular weight is 540 g/mol. The van der Waals surface area contributed by atoms with E-state index >= 15 is 0 Å². The van der Waals surface area contributed by atoms with E-state index < -0.39 is 10.0 Å². The summed E-state index contributed by atoms with van der Waals surface area (Å²) >= 11 is 6.15. The second-order valence-corrected chi connectivity index (χ2v) is 12.3. The van der Waals surface area contributed by atoms with E-state index in [2.05, 4.69) is 53.8 Å². The summed E-state index contributed by atoms with van der Waals surface area (Å²) in [7, 11) is -3.12. The highest BCUT2D eigenvalue weighted by molar-refractivity contribution is 7.89. The van der Waals surface area contributed by atoms with Gasteiger partial charge in [-0.25, -0.2) is 13.1 Å². The molecule has 35 heavy (non-hydrogen) atoms. The number of halogens is 2. The first kappa shape index (κ1) is 28.5. The SMILES string of the molecule is CCN(CC)C1CCc2ccc(CCCNS(=O)(=O)CC3CC3)cc2C1Cc1ccc(Cl)cc1.Cl. The molecule has 2 aliphatic carbocycles. The molecule has 2 aromatic rings. The second-order valence-electron chi connectivity index (χ2n) is 10.0. The zero-order valence-electron chi connectivity index (χ0n) is 21.0. The van der Waals surface area contributed by atoms with Crippen LogP contribution in [-0.2, 0) is 29.3 Å². The van der Waals surface area contributed by atoms with Gasteiger partial charge < -0.3 is 4.90 Å². The Morgan fingerprint density at radius 3 is 2.34 bits per heavy atom. The lowest BCUT2D eigenvalue weighted by Gasteiger charge is -2.41. The summed E-state index contributed by atoms with van der Waals surface area (Å²) in [4.78, 5) is 2.62. The molecule has 0 aliphatic heterocycles. The molecule has 0 radical (unpaired) electrons. The minimum atomic E-state index is -3.12. The molecule has 0 saturated heterocycles. The monoisotopic (exact) mass is 538 g/mol. The summed E-state index contributed by atoms with van der Waals surface area (Å²) in [5.41, 5.74) is 5.58. The van der Waals surface area contributed by atoms with Crippen molar-refractivity contribution >= 4 is 34.0 Å². The molecule has 194 valence electrons. The zero-order valence-corrected chi connectivity index (χ0v) is 23.4. The van der Waals surface area contributed by atoms with E-state index in [9.17, 15) is 8.42 Å². The molecule has 4 nitrogen and oxygen atoms in total. The van der Waals surface area contributed by atoms with Gasteiger partial charge in [0.1, 0.15) is 0 Å². The van der Waals surface area contributed by atoms with E-state index in [1.165, 1.54) is 28.7 Å². The first-order valence-electron chi connectivity index (χ1n) is 13.0. The number of likely N-dealkylation sites (N-methyl/N-ethyl adjacent to an activating group) is 1. The van der Waals surface area contributed by atoms with Crippen molar-refractivity contribution in [3.05, 3.63) is 69.7 Å². The first-order chi connectivity index (χ1) is 16.4. The van der Waals surface area contributed by atoms with Gasteiger partial charge in [-0.15, -0.1) is 12.4 Å². The minimum Gasteiger partial charge on any atom is -0.300 e. The summed E-state index contributed by atoms with van der Waals surface area (Å²) < 4.78 is 27.1. The molecular formula is C28H40Cl2N2O2S. The Kier molecular flexibility index (Phi) is 10.5. The highest BCUT2D eigenvalue weighted by Crippen LogP contribution is 2.38. The number of aryl methyl sites for hydroxylation is 2. The second kappa shape index (κ2) is 12.9. The van der Waals surface area contributed by atoms with Crippen molar-refractivity contribution in [2.75, 3.05) is 25.4 Å². The maximum atomic E-state index is 12.2. The van der Waals surface area contributed by atoms with E-state index in [0.717, 1.165) is 56.6 Å². The predicted molar refractivity (Wildman–Crippen MR) is 149 cm³/mol. The topological polar surface area (TPSA) is 49.4 Å². The number of nitrogens with one attached hydrogen (secondary N) is 1. The van der Waals surface area contributed by atoms with Gasteiger partial charge in [0.15, 0.2) is 0 Å². The molecule has 1 fully saturated rings. The Balaban J connectivity index is 0.00000342. The number of benzene rings is 2. The largest absolute Gasteiger partial charge is 0.300 e. The molecule has 2 atom stereocenters. The molecule has 0 spiro atoms. The van der Waals surface area contributed by atoms with Gasteiger partial charge in [-0.05, 0) is 98.3 Å². The summed E-state index contributed by atoms with van der Waals surface area (Å²) in [5.74, 6) is 1.13. The van der Waals surface area contributed by atoms with E-state index in [0.29, 0.717) is 30.2 Å². The van der Waals surface area contributed by atoms with Crippen LogP contribution in [-0.4, -0.2) is 44.7 Å². The number of hydrogen-bond donors (Lipinski definition) is 1. The number of fused-ring (bicyclic) bond motifs is 1. The normalized spacial score (nSPS) is 19.9. The van der Waals surface area contributed by atoms with Crippen molar-refractivity contribution in [3.8, 4) is 0 Å². The molecule has 0 aromatic heterocycles. The molecule has 0 amide bonds. The van der Waals surface area contributed by atoms with Crippen molar-refractivity contribution < 1.29 is 8.42 Å². The van der Waals surface area contributed by atoms with Crippen LogP contribution in [0.5, 0.6) is 0 Å². The van der Waals surface area contributed by atoms with Gasteiger partial charge in [-0.3, -0.25) is 0 Å². The van der Waals surface area contributed by atoms with E-state index in [1.54, 1.807) is 0 Å². The average Bonchev–Trinajstić information content (AvgIpc) is 3.63. The van der Waals surface area contributed by atoms with Crippen LogP contribution < -0.4 is 4.72 Å². The fraction of sp³-hybridized carbons (Fsp3) is 0.571. The molecule has 4 rings (SSSR count). The Morgan fingerprint density at radius 2 is 1.69 bits per heavy atom. The quantitative estimate of drug-likeness (QED) is 0.336. The Hall–Kier alpha value is -1.11. The van der Waals surface area contributed by atoms with Gasteiger partial charge in [0.25, 0.3) is 0 Å². The van der Waals surface area contributed by atoms with Crippen LogP contribution in [0.3, 0.4) is 0 Å². The van der Waals surface area contributed by atoms with Crippen LogP contribution in [0, 0.1) is 5.92 Å². The smallest absolute Gasteiger partial charge is 0.211 e. The summed E-state index contributed by atoms with van der Waals surface area (Å²) in [6.45, 7) is 7.17. The van der Waals surface area contributed by atoms with Crippen LogP contribution in [0.2, 0.25) is 5.02 Å². The third-order valence-corrected chi connectivity index (χ3v) is 9.36. The van der Waals surface area contributed by atoms with Crippen molar-refractivity contribution in [2.24, 2.45) is 5.92 Å². The standard InChI is InChI=1S/C28H39ClN2O2S.ClH/c1-3-31(4-2)28-16-13-24-12-9-21(6-5-17-30-34(32,33)20-23-7-8-23)18-26(24)27(28)19-22-10-14-25(29)15-11-22;/h9-12,14-15,18,23,27-28,30H,3-8,13,16-17,19-20H2,1-2H3;1H. The zero-order chi connectivity index (χ0) is 24.1. The highest BCUT2D eigenvalue weighted by atomic mass is 35.5. The van der Waals surface area contributed by atoms with Gasteiger partial charge >= 0.3 is 0 Å². The molecular weight excluding hydrogens is 499 g/mol. The van der Waals surface area contributed by atoms with Crippen LogP contribution in [0.1, 0.15) is 67.7 Å². The summed E-state index contributed by atoms with van der Waals surface area (Å²) in [5, 5.41) is 0.781. The van der Waals surface area contributed by atoms with Gasteiger partial charge in [0.2, 0.25) is 10.0 Å². The molecule has 1 saturated carbocycles. The number of nitrogens with zero attached hydrogens (tertiary/aromatic N) is 1. The third kappa shape index (κ3) is 7.93. The summed E-state index contributed by atoms with van der Waals surface area (Å²) in [6, 6.07) is 15.8. The predicted octanol–water partition coefficient (Wildman–Crippen LogP) is 6.01. The van der Waals surface area contributed by atoms with Crippen molar-refractivity contribution in [1.82, 2.24) is 9.62 Å². The number of hydrogen-bond acceptors (Lipinski definition) is 3. The molecule has 0 heterocycles. The van der Waals surface area contributed by atoms with E-state index in [-0.39, 0.29) is 12.4 Å². The van der Waals surface area contributed by atoms with Gasteiger partial charge in [0, 0.05) is 23.5 Å². The molecule has 2 aromatic carbocycles. The first-order valence-corrected chi connectivity index (χ1v) is 15.0. The molecule has 2 aliphatic rings. The van der Waals surface area contributed by atoms with Crippen molar-refractivity contribution in [2.45, 2.75) is 70.8 Å². The van der Waals surface area contributed by atoms with E-state index in [4.69, 9.17) is 11.6 Å². The van der Waals surface area contributed by atoms with Crippen molar-refractivity contribution in [3.63, 3.8) is 0 Å². The molecule has 2 unspecified atom stereocenters. The highest BCUT2D eigenvalue weighted by Gasteiger charge is 2.33. The van der Waals surface area contributed by atoms with E-state index in [1.807, 2.05) is 12.1 Å². The fourth-order valence-electron chi connectivity index (χ4n) is 5.51. The molecule has 0 bridgehead atoms. The van der Waals surface area contributed by atoms with Gasteiger partial charge in [-0.2, -0.15) is 0 Å². The molecule has 1 N–H and O–H groups in total. The lowest BCUT2D eigenvalue weighted by Crippen LogP contribution is -2.43. The van der Waals surface area contributed by atoms with Crippen LogP contribution >= 0.6 is 24.0 Å². The van der Waals surface area contributed by atoms with Crippen molar-refractivity contribution in [1.29, 1.82) is 0 Å². The lowest BCUT2D eigenvalue weighted by molar-refractivity contribution is 0.168. The Morgan fingerprint density at radius 1 is 1.00 bits per heavy atom. The number of rotatable bonds is 12. The Labute approximate surface area is 223 Å². The third-order valence-electron chi connectivity index (χ3n) is 7.55.